The molecule has 2 amide bonds. The van der Waals surface area contributed by atoms with E-state index in [2.05, 4.69) is 5.32 Å². The minimum absolute atomic E-state index is 0.0261. The average molecular weight is 414 g/mol. The molecule has 0 aliphatic heterocycles. The molecule has 2 aromatic rings. The maximum Gasteiger partial charge on any atom is 0.341 e. The molecule has 0 bridgehead atoms. The SMILES string of the molecule is NC(=O)C(CNC(=O)c1ccc(S(=O)(=O)C(F)F)cc1)Cc1ccc(F)cc1. The fourth-order valence-corrected chi connectivity index (χ4v) is 3.12. The number of primary amides is 1. The van der Waals surface area contributed by atoms with Gasteiger partial charge in [-0.05, 0) is 48.4 Å². The van der Waals surface area contributed by atoms with Gasteiger partial charge in [-0.1, -0.05) is 12.1 Å². The Morgan fingerprint density at radius 3 is 2.07 bits per heavy atom. The zero-order chi connectivity index (χ0) is 20.9. The number of alkyl halides is 2. The first-order valence-corrected chi connectivity index (χ1v) is 9.60. The molecule has 0 spiro atoms. The van der Waals surface area contributed by atoms with Gasteiger partial charge < -0.3 is 11.1 Å². The van der Waals surface area contributed by atoms with Crippen molar-refractivity contribution < 1.29 is 31.2 Å². The zero-order valence-electron chi connectivity index (χ0n) is 14.4. The molecule has 0 aromatic heterocycles. The van der Waals surface area contributed by atoms with Gasteiger partial charge >= 0.3 is 5.76 Å². The van der Waals surface area contributed by atoms with E-state index in [1.807, 2.05) is 0 Å². The van der Waals surface area contributed by atoms with Crippen molar-refractivity contribution in [3.8, 4) is 0 Å². The standard InChI is InChI=1S/C18H17F3N2O4S/c19-14-5-1-11(2-6-14)9-13(16(22)24)10-23-17(25)12-3-7-15(8-4-12)28(26,27)18(20)21/h1-8,13,18H,9-10H2,(H2,22,24)(H,23,25). The smallest absolute Gasteiger partial charge is 0.341 e. The molecule has 1 unspecified atom stereocenters. The molecule has 0 aliphatic rings. The predicted molar refractivity (Wildman–Crippen MR) is 94.8 cm³/mol. The highest BCUT2D eigenvalue weighted by Crippen LogP contribution is 2.18. The van der Waals surface area contributed by atoms with Crippen LogP contribution in [0.15, 0.2) is 53.4 Å². The van der Waals surface area contributed by atoms with Gasteiger partial charge in [-0.15, -0.1) is 0 Å². The molecule has 1 atom stereocenters. The maximum absolute atomic E-state index is 12.9. The second-order valence-electron chi connectivity index (χ2n) is 5.97. The van der Waals surface area contributed by atoms with Crippen LogP contribution in [-0.2, 0) is 21.1 Å². The number of sulfone groups is 1. The Kier molecular flexibility index (Phi) is 6.79. The summed E-state index contributed by atoms with van der Waals surface area (Å²) >= 11 is 0. The number of hydrogen-bond acceptors (Lipinski definition) is 4. The minimum atomic E-state index is -4.75. The largest absolute Gasteiger partial charge is 0.369 e. The van der Waals surface area contributed by atoms with E-state index in [4.69, 9.17) is 5.73 Å². The highest BCUT2D eigenvalue weighted by Gasteiger charge is 2.26. The number of nitrogens with one attached hydrogen (secondary N) is 1. The third-order valence-electron chi connectivity index (χ3n) is 3.99. The summed E-state index contributed by atoms with van der Waals surface area (Å²) < 4.78 is 60.7. The van der Waals surface area contributed by atoms with Crippen molar-refractivity contribution in [1.29, 1.82) is 0 Å². The Bertz CT molecular complexity index is 946. The highest BCUT2D eigenvalue weighted by molar-refractivity contribution is 7.91. The molecular weight excluding hydrogens is 397 g/mol. The molecule has 2 rings (SSSR count). The van der Waals surface area contributed by atoms with E-state index in [9.17, 15) is 31.2 Å². The van der Waals surface area contributed by atoms with Crippen molar-refractivity contribution in [3.63, 3.8) is 0 Å². The lowest BCUT2D eigenvalue weighted by Gasteiger charge is -2.15. The third kappa shape index (κ3) is 5.32. The number of hydrogen-bond donors (Lipinski definition) is 2. The molecule has 0 saturated carbocycles. The summed E-state index contributed by atoms with van der Waals surface area (Å²) in [6.07, 6.45) is 0.182. The molecule has 28 heavy (non-hydrogen) atoms. The number of nitrogens with two attached hydrogens (primary N) is 1. The molecule has 0 radical (unpaired) electrons. The summed E-state index contributed by atoms with van der Waals surface area (Å²) in [7, 11) is -4.75. The topological polar surface area (TPSA) is 106 Å². The third-order valence-corrected chi connectivity index (χ3v) is 5.38. The van der Waals surface area contributed by atoms with Crippen LogP contribution in [0.1, 0.15) is 15.9 Å². The Balaban J connectivity index is 2.02. The number of benzene rings is 2. The first kappa shape index (κ1) is 21.4. The van der Waals surface area contributed by atoms with Gasteiger partial charge in [0.2, 0.25) is 15.7 Å². The second-order valence-corrected chi connectivity index (χ2v) is 7.89. The average Bonchev–Trinajstić information content (AvgIpc) is 2.66. The van der Waals surface area contributed by atoms with Crippen molar-refractivity contribution in [1.82, 2.24) is 5.32 Å². The Hall–Kier alpha value is -2.88. The number of carbonyl (C=O) groups excluding carboxylic acids is 2. The second kappa shape index (κ2) is 8.87. The number of halogens is 3. The van der Waals surface area contributed by atoms with E-state index in [0.717, 1.165) is 24.3 Å². The molecule has 0 aliphatic carbocycles. The van der Waals surface area contributed by atoms with Crippen LogP contribution < -0.4 is 11.1 Å². The van der Waals surface area contributed by atoms with Gasteiger partial charge in [0.15, 0.2) is 0 Å². The zero-order valence-corrected chi connectivity index (χ0v) is 15.3. The molecule has 0 heterocycles. The fraction of sp³-hybridized carbons (Fsp3) is 0.222. The summed E-state index contributed by atoms with van der Waals surface area (Å²) in [5.74, 6) is -6.04. The van der Waals surface area contributed by atoms with Crippen LogP contribution in [0, 0.1) is 11.7 Å². The number of amides is 2. The van der Waals surface area contributed by atoms with Gasteiger partial charge in [-0.3, -0.25) is 9.59 Å². The van der Waals surface area contributed by atoms with Crippen LogP contribution in [-0.4, -0.2) is 32.5 Å². The number of carbonyl (C=O) groups is 2. The monoisotopic (exact) mass is 414 g/mol. The van der Waals surface area contributed by atoms with Crippen LogP contribution in [0.5, 0.6) is 0 Å². The first-order valence-electron chi connectivity index (χ1n) is 8.05. The van der Waals surface area contributed by atoms with Crippen LogP contribution in [0.4, 0.5) is 13.2 Å². The van der Waals surface area contributed by atoms with Crippen molar-refractivity contribution in [2.24, 2.45) is 11.7 Å². The van der Waals surface area contributed by atoms with Crippen LogP contribution in [0.2, 0.25) is 0 Å². The van der Waals surface area contributed by atoms with Crippen LogP contribution in [0.25, 0.3) is 0 Å². The quantitative estimate of drug-likeness (QED) is 0.688. The summed E-state index contributed by atoms with van der Waals surface area (Å²) in [5, 5.41) is 2.48. The van der Waals surface area contributed by atoms with Gasteiger partial charge in [0.05, 0.1) is 10.8 Å². The number of rotatable bonds is 8. The normalized spacial score (nSPS) is 12.6. The van der Waals surface area contributed by atoms with Crippen molar-refractivity contribution in [2.75, 3.05) is 6.54 Å². The van der Waals surface area contributed by atoms with Gasteiger partial charge in [0.25, 0.3) is 5.91 Å². The summed E-state index contributed by atoms with van der Waals surface area (Å²) in [5.41, 5.74) is 6.01. The van der Waals surface area contributed by atoms with Gasteiger partial charge in [-0.25, -0.2) is 12.8 Å². The van der Waals surface area contributed by atoms with Gasteiger partial charge in [-0.2, -0.15) is 8.78 Å². The van der Waals surface area contributed by atoms with Gasteiger partial charge in [0, 0.05) is 12.1 Å². The molecule has 6 nitrogen and oxygen atoms in total. The summed E-state index contributed by atoms with van der Waals surface area (Å²) in [6, 6.07) is 9.45. The summed E-state index contributed by atoms with van der Waals surface area (Å²) in [6.45, 7) is -0.109. The minimum Gasteiger partial charge on any atom is -0.369 e. The highest BCUT2D eigenvalue weighted by atomic mass is 32.2. The Labute approximate surface area is 159 Å². The summed E-state index contributed by atoms with van der Waals surface area (Å²) in [4.78, 5) is 23.1. The predicted octanol–water partition coefficient (Wildman–Crippen LogP) is 1.90. The van der Waals surface area contributed by atoms with Crippen molar-refractivity contribution in [3.05, 3.63) is 65.5 Å². The molecular formula is C18H17F3N2O4S. The molecule has 3 N–H and O–H groups in total. The Morgan fingerprint density at radius 2 is 1.57 bits per heavy atom. The van der Waals surface area contributed by atoms with Crippen LogP contribution in [0.3, 0.4) is 0 Å². The molecule has 0 saturated heterocycles. The van der Waals surface area contributed by atoms with E-state index in [1.165, 1.54) is 24.3 Å². The van der Waals surface area contributed by atoms with Crippen molar-refractivity contribution in [2.45, 2.75) is 17.1 Å². The van der Waals surface area contributed by atoms with E-state index in [1.54, 1.807) is 0 Å². The lowest BCUT2D eigenvalue weighted by atomic mass is 9.98. The first-order chi connectivity index (χ1) is 13.1. The molecule has 10 heteroatoms. The fourth-order valence-electron chi connectivity index (χ4n) is 2.40. The Morgan fingerprint density at radius 1 is 1.00 bits per heavy atom. The maximum atomic E-state index is 12.9. The van der Waals surface area contributed by atoms with E-state index >= 15 is 0 Å². The van der Waals surface area contributed by atoms with Crippen LogP contribution >= 0.6 is 0 Å². The van der Waals surface area contributed by atoms with Gasteiger partial charge in [0.1, 0.15) is 5.82 Å². The molecule has 150 valence electrons. The lowest BCUT2D eigenvalue weighted by molar-refractivity contribution is -0.121. The van der Waals surface area contributed by atoms with Crippen molar-refractivity contribution >= 4 is 21.7 Å². The van der Waals surface area contributed by atoms with E-state index in [0.29, 0.717) is 5.56 Å². The molecule has 2 aromatic carbocycles. The van der Waals surface area contributed by atoms with E-state index in [-0.39, 0.29) is 18.5 Å². The van der Waals surface area contributed by atoms with E-state index < -0.39 is 44.0 Å². The lowest BCUT2D eigenvalue weighted by Crippen LogP contribution is -2.37. The molecule has 0 fully saturated rings.